The predicted molar refractivity (Wildman–Crippen MR) is 98.0 cm³/mol. The van der Waals surface area contributed by atoms with E-state index in [9.17, 15) is 0 Å². The lowest BCUT2D eigenvalue weighted by Crippen LogP contribution is -2.41. The Kier molecular flexibility index (Phi) is 4.56. The van der Waals surface area contributed by atoms with Crippen LogP contribution in [0.4, 0.5) is 5.69 Å². The van der Waals surface area contributed by atoms with Gasteiger partial charge >= 0.3 is 7.12 Å². The summed E-state index contributed by atoms with van der Waals surface area (Å²) < 4.78 is 17.9. The molecular weight excluding hydrogens is 324 g/mol. The fraction of sp³-hybridized carbons (Fsp3) is 0.444. The van der Waals surface area contributed by atoms with E-state index in [1.165, 1.54) is 0 Å². The molecule has 0 bridgehead atoms. The minimum atomic E-state index is -0.404. The molecule has 1 aromatic rings. The molecule has 0 N–H and O–H groups in total. The van der Waals surface area contributed by atoms with Crippen molar-refractivity contribution in [2.75, 3.05) is 12.0 Å². The summed E-state index contributed by atoms with van der Waals surface area (Å²) in [6.07, 6.45) is 5.83. The molecule has 3 rings (SSSR count). The zero-order valence-corrected chi connectivity index (χ0v) is 15.5. The van der Waals surface area contributed by atoms with E-state index in [0.29, 0.717) is 5.02 Å². The van der Waals surface area contributed by atoms with Crippen molar-refractivity contribution in [3.8, 4) is 0 Å². The van der Waals surface area contributed by atoms with Gasteiger partial charge < -0.3 is 18.9 Å². The van der Waals surface area contributed by atoms with Crippen LogP contribution >= 0.6 is 11.6 Å². The first-order valence-electron chi connectivity index (χ1n) is 8.06. The highest BCUT2D eigenvalue weighted by Crippen LogP contribution is 2.39. The summed E-state index contributed by atoms with van der Waals surface area (Å²) in [6, 6.07) is 7.66. The topological polar surface area (TPSA) is 30.9 Å². The van der Waals surface area contributed by atoms with Crippen LogP contribution in [0.3, 0.4) is 0 Å². The molecule has 1 aromatic carbocycles. The number of ether oxygens (including phenoxy) is 1. The molecule has 1 saturated heterocycles. The molecule has 0 aliphatic carbocycles. The fourth-order valence-electron chi connectivity index (χ4n) is 2.71. The Morgan fingerprint density at radius 3 is 2.21 bits per heavy atom. The van der Waals surface area contributed by atoms with E-state index in [1.807, 2.05) is 47.5 Å². The van der Waals surface area contributed by atoms with E-state index in [1.54, 1.807) is 7.11 Å². The maximum absolute atomic E-state index is 6.15. The van der Waals surface area contributed by atoms with Crippen molar-refractivity contribution in [1.29, 1.82) is 0 Å². The standard InChI is InChI=1S/C18H23BClNO3/c1-17(2)18(3,4)24-19(23-17)13-6-11-16(22-5)21(12-13)15-9-7-14(20)8-10-15/h6-12,16H,1-5H3. The van der Waals surface area contributed by atoms with Gasteiger partial charge in [-0.05, 0) is 63.5 Å². The SMILES string of the molecule is COC1C=CC(B2OC(C)(C)C(C)(C)O2)=CN1c1ccc(Cl)cc1. The predicted octanol–water partition coefficient (Wildman–Crippen LogP) is 4.20. The number of hydrogen-bond donors (Lipinski definition) is 0. The number of rotatable bonds is 3. The Balaban J connectivity index is 1.89. The molecule has 0 saturated carbocycles. The van der Waals surface area contributed by atoms with Gasteiger partial charge in [0.15, 0.2) is 6.23 Å². The average molecular weight is 348 g/mol. The minimum absolute atomic E-state index is 0.183. The minimum Gasteiger partial charge on any atom is -0.399 e. The third kappa shape index (κ3) is 3.14. The van der Waals surface area contributed by atoms with Crippen molar-refractivity contribution in [3.63, 3.8) is 0 Å². The van der Waals surface area contributed by atoms with Gasteiger partial charge in [-0.15, -0.1) is 0 Å². The lowest BCUT2D eigenvalue weighted by atomic mass is 9.77. The molecule has 4 nitrogen and oxygen atoms in total. The molecule has 128 valence electrons. The third-order valence-electron chi connectivity index (χ3n) is 4.91. The first kappa shape index (κ1) is 17.6. The van der Waals surface area contributed by atoms with E-state index in [2.05, 4.69) is 27.7 Å². The van der Waals surface area contributed by atoms with Crippen LogP contribution in [0.5, 0.6) is 0 Å². The zero-order chi connectivity index (χ0) is 17.5. The summed E-state index contributed by atoms with van der Waals surface area (Å²) in [6.45, 7) is 8.20. The number of anilines is 1. The summed E-state index contributed by atoms with van der Waals surface area (Å²) in [4.78, 5) is 2.04. The quantitative estimate of drug-likeness (QED) is 0.767. The highest BCUT2D eigenvalue weighted by atomic mass is 35.5. The molecule has 24 heavy (non-hydrogen) atoms. The van der Waals surface area contributed by atoms with Gasteiger partial charge in [-0.25, -0.2) is 0 Å². The van der Waals surface area contributed by atoms with E-state index in [4.69, 9.17) is 25.6 Å². The summed E-state index contributed by atoms with van der Waals surface area (Å²) in [5.41, 5.74) is 1.21. The number of methoxy groups -OCH3 is 1. The van der Waals surface area contributed by atoms with Crippen LogP contribution in [0.1, 0.15) is 27.7 Å². The Hall–Kier alpha value is -1.27. The smallest absolute Gasteiger partial charge is 0.399 e. The summed E-state index contributed by atoms with van der Waals surface area (Å²) >= 11 is 6.00. The van der Waals surface area contributed by atoms with Crippen molar-refractivity contribution < 1.29 is 14.0 Å². The summed E-state index contributed by atoms with van der Waals surface area (Å²) in [5, 5.41) is 0.704. The summed E-state index contributed by atoms with van der Waals surface area (Å²) in [5.74, 6) is 0. The number of halogens is 1. The van der Waals surface area contributed by atoms with E-state index in [0.717, 1.165) is 11.2 Å². The molecule has 2 aliphatic rings. The Bertz CT molecular complexity index is 653. The van der Waals surface area contributed by atoms with Gasteiger partial charge in [0.25, 0.3) is 0 Å². The van der Waals surface area contributed by atoms with Crippen LogP contribution in [0.25, 0.3) is 0 Å². The lowest BCUT2D eigenvalue weighted by Gasteiger charge is -2.32. The van der Waals surface area contributed by atoms with Crippen molar-refractivity contribution in [2.45, 2.75) is 45.1 Å². The van der Waals surface area contributed by atoms with Crippen LogP contribution in [0.2, 0.25) is 5.02 Å². The monoisotopic (exact) mass is 347 g/mol. The summed E-state index contributed by atoms with van der Waals surface area (Å²) in [7, 11) is 1.28. The lowest BCUT2D eigenvalue weighted by molar-refractivity contribution is 0.00578. The molecule has 1 unspecified atom stereocenters. The van der Waals surface area contributed by atoms with Gasteiger partial charge in [-0.3, -0.25) is 0 Å². The van der Waals surface area contributed by atoms with Crippen molar-refractivity contribution in [1.82, 2.24) is 0 Å². The second kappa shape index (κ2) is 6.23. The number of benzene rings is 1. The number of hydrogen-bond acceptors (Lipinski definition) is 4. The van der Waals surface area contributed by atoms with Crippen LogP contribution in [0.15, 0.2) is 48.1 Å². The molecule has 2 heterocycles. The second-order valence-corrected chi connectivity index (χ2v) is 7.52. The van der Waals surface area contributed by atoms with E-state index < -0.39 is 7.12 Å². The second-order valence-electron chi connectivity index (χ2n) is 7.09. The van der Waals surface area contributed by atoms with Gasteiger partial charge in [0.1, 0.15) is 0 Å². The van der Waals surface area contributed by atoms with E-state index >= 15 is 0 Å². The molecule has 0 radical (unpaired) electrons. The van der Waals surface area contributed by atoms with Crippen LogP contribution in [-0.4, -0.2) is 31.7 Å². The van der Waals surface area contributed by atoms with Crippen LogP contribution < -0.4 is 4.90 Å². The van der Waals surface area contributed by atoms with Crippen molar-refractivity contribution in [3.05, 3.63) is 53.1 Å². The van der Waals surface area contributed by atoms with Gasteiger partial charge in [0.2, 0.25) is 0 Å². The van der Waals surface area contributed by atoms with Crippen LogP contribution in [-0.2, 0) is 14.0 Å². The molecule has 0 amide bonds. The van der Waals surface area contributed by atoms with Gasteiger partial charge in [-0.2, -0.15) is 0 Å². The van der Waals surface area contributed by atoms with Crippen molar-refractivity contribution in [2.24, 2.45) is 0 Å². The van der Waals surface area contributed by atoms with E-state index in [-0.39, 0.29) is 17.4 Å². The fourth-order valence-corrected chi connectivity index (χ4v) is 2.83. The normalized spacial score (nSPS) is 25.1. The molecule has 0 aromatic heterocycles. The number of allylic oxidation sites excluding steroid dienone is 2. The molecule has 0 spiro atoms. The van der Waals surface area contributed by atoms with Gasteiger partial charge in [0, 0.05) is 24.0 Å². The Labute approximate surface area is 149 Å². The largest absolute Gasteiger partial charge is 0.496 e. The van der Waals surface area contributed by atoms with Crippen molar-refractivity contribution >= 4 is 24.4 Å². The Morgan fingerprint density at radius 2 is 1.67 bits per heavy atom. The first-order valence-corrected chi connectivity index (χ1v) is 8.43. The first-order chi connectivity index (χ1) is 11.2. The third-order valence-corrected chi connectivity index (χ3v) is 5.16. The number of nitrogens with zero attached hydrogens (tertiary/aromatic N) is 1. The zero-order valence-electron chi connectivity index (χ0n) is 14.7. The van der Waals surface area contributed by atoms with Crippen LogP contribution in [0, 0.1) is 0 Å². The molecule has 1 fully saturated rings. The highest BCUT2D eigenvalue weighted by Gasteiger charge is 2.52. The molecule has 1 atom stereocenters. The van der Waals surface area contributed by atoms with Gasteiger partial charge in [0.05, 0.1) is 11.2 Å². The molecular formula is C18H23BClNO3. The highest BCUT2D eigenvalue weighted by molar-refractivity contribution is 6.55. The van der Waals surface area contributed by atoms with Gasteiger partial charge in [-0.1, -0.05) is 17.7 Å². The maximum Gasteiger partial charge on any atom is 0.496 e. The average Bonchev–Trinajstić information content (AvgIpc) is 2.75. The Morgan fingerprint density at radius 1 is 1.08 bits per heavy atom. The maximum atomic E-state index is 6.15. The molecule has 6 heteroatoms. The molecule has 2 aliphatic heterocycles.